The van der Waals surface area contributed by atoms with Gasteiger partial charge in [0.2, 0.25) is 0 Å². The lowest BCUT2D eigenvalue weighted by Crippen LogP contribution is -2.20. The Morgan fingerprint density at radius 1 is 1.35 bits per heavy atom. The number of carbonyl (C=O) groups is 1. The van der Waals surface area contributed by atoms with Gasteiger partial charge in [-0.3, -0.25) is 4.79 Å². The number of carbonyl (C=O) groups excluding carboxylic acids is 1. The lowest BCUT2D eigenvalue weighted by atomic mass is 10.1. The van der Waals surface area contributed by atoms with Gasteiger partial charge in [0.1, 0.15) is 11.5 Å². The molecule has 1 aromatic carbocycles. The first-order valence-corrected chi connectivity index (χ1v) is 4.72. The predicted octanol–water partition coefficient (Wildman–Crippen LogP) is 2.84. The molecule has 0 unspecified atom stereocenters. The van der Waals surface area contributed by atoms with E-state index in [0.717, 1.165) is 0 Å². The number of methoxy groups -OCH3 is 1. The number of ketones is 1. The quantitative estimate of drug-likeness (QED) is 0.768. The summed E-state index contributed by atoms with van der Waals surface area (Å²) in [5.41, 5.74) is 0.0635. The minimum atomic E-state index is -4.44. The molecule has 0 fully saturated rings. The first-order valence-electron chi connectivity index (χ1n) is 4.72. The number of hydrogen-bond donors (Lipinski definition) is 0. The van der Waals surface area contributed by atoms with E-state index in [4.69, 9.17) is 4.74 Å². The van der Waals surface area contributed by atoms with Crippen LogP contribution >= 0.6 is 0 Å². The van der Waals surface area contributed by atoms with Gasteiger partial charge in [0.05, 0.1) is 12.7 Å². The summed E-state index contributed by atoms with van der Waals surface area (Å²) in [6.45, 7) is -0.186. The zero-order chi connectivity index (χ0) is 13.1. The fraction of sp³-hybridized carbons (Fsp3) is 0.364. The predicted molar refractivity (Wildman–Crippen MR) is 54.5 cm³/mol. The zero-order valence-corrected chi connectivity index (χ0v) is 9.30. The normalized spacial score (nSPS) is 11.1. The van der Waals surface area contributed by atoms with Crippen LogP contribution in [0.1, 0.15) is 17.3 Å². The highest BCUT2D eigenvalue weighted by atomic mass is 19.4. The molecule has 0 aliphatic heterocycles. The molecule has 0 atom stereocenters. The zero-order valence-electron chi connectivity index (χ0n) is 9.30. The van der Waals surface area contributed by atoms with Crippen LogP contribution in [0.5, 0.6) is 11.5 Å². The van der Waals surface area contributed by atoms with Crippen molar-refractivity contribution in [2.45, 2.75) is 13.1 Å². The summed E-state index contributed by atoms with van der Waals surface area (Å²) in [4.78, 5) is 11.2. The van der Waals surface area contributed by atoms with Crippen LogP contribution < -0.4 is 9.47 Å². The topological polar surface area (TPSA) is 35.5 Å². The summed E-state index contributed by atoms with van der Waals surface area (Å²) in [5.74, 6) is -0.105. The van der Waals surface area contributed by atoms with Crippen LogP contribution in [0.4, 0.5) is 13.2 Å². The molecule has 1 rings (SSSR count). The monoisotopic (exact) mass is 248 g/mol. The summed E-state index contributed by atoms with van der Waals surface area (Å²) in [6, 6.07) is 4.05. The minimum absolute atomic E-state index is 0.0635. The fourth-order valence-electron chi connectivity index (χ4n) is 1.20. The molecule has 1 aromatic rings. The standard InChI is InChI=1S/C11H11F3O3/c1-7(15)9-5-8(16-2)3-4-10(9)17-6-11(12,13)14/h3-5H,6H2,1-2H3. The van der Waals surface area contributed by atoms with Gasteiger partial charge in [0, 0.05) is 0 Å². The fourth-order valence-corrected chi connectivity index (χ4v) is 1.20. The van der Waals surface area contributed by atoms with E-state index < -0.39 is 12.8 Å². The second-order valence-electron chi connectivity index (χ2n) is 3.32. The molecule has 0 spiro atoms. The molecule has 0 saturated heterocycles. The van der Waals surface area contributed by atoms with Gasteiger partial charge in [0.15, 0.2) is 12.4 Å². The average molecular weight is 248 g/mol. The van der Waals surface area contributed by atoms with Crippen molar-refractivity contribution < 1.29 is 27.4 Å². The van der Waals surface area contributed by atoms with Crippen LogP contribution in [0.2, 0.25) is 0 Å². The molecular formula is C11H11F3O3. The molecule has 0 bridgehead atoms. The van der Waals surface area contributed by atoms with Crippen molar-refractivity contribution >= 4 is 5.78 Å². The van der Waals surface area contributed by atoms with E-state index in [1.807, 2.05) is 0 Å². The Morgan fingerprint density at radius 2 is 2.00 bits per heavy atom. The van der Waals surface area contributed by atoms with Crippen molar-refractivity contribution in [3.05, 3.63) is 23.8 Å². The van der Waals surface area contributed by atoms with Crippen molar-refractivity contribution in [2.24, 2.45) is 0 Å². The van der Waals surface area contributed by atoms with Gasteiger partial charge in [-0.15, -0.1) is 0 Å². The van der Waals surface area contributed by atoms with Gasteiger partial charge >= 0.3 is 6.18 Å². The lowest BCUT2D eigenvalue weighted by Gasteiger charge is -2.12. The van der Waals surface area contributed by atoms with E-state index in [-0.39, 0.29) is 17.1 Å². The lowest BCUT2D eigenvalue weighted by molar-refractivity contribution is -0.153. The largest absolute Gasteiger partial charge is 0.497 e. The Balaban J connectivity index is 2.95. The van der Waals surface area contributed by atoms with Crippen molar-refractivity contribution in [1.82, 2.24) is 0 Å². The Hall–Kier alpha value is -1.72. The summed E-state index contributed by atoms with van der Waals surface area (Å²) in [7, 11) is 1.40. The minimum Gasteiger partial charge on any atom is -0.497 e. The Kier molecular flexibility index (Phi) is 3.98. The van der Waals surface area contributed by atoms with E-state index in [9.17, 15) is 18.0 Å². The van der Waals surface area contributed by atoms with E-state index in [0.29, 0.717) is 5.75 Å². The summed E-state index contributed by atoms with van der Waals surface area (Å²) in [6.07, 6.45) is -4.44. The van der Waals surface area contributed by atoms with Crippen molar-refractivity contribution in [1.29, 1.82) is 0 Å². The molecule has 94 valence electrons. The maximum Gasteiger partial charge on any atom is 0.422 e. The summed E-state index contributed by atoms with van der Waals surface area (Å²) >= 11 is 0. The highest BCUT2D eigenvalue weighted by Crippen LogP contribution is 2.26. The number of hydrogen-bond acceptors (Lipinski definition) is 3. The molecule has 6 heteroatoms. The highest BCUT2D eigenvalue weighted by molar-refractivity contribution is 5.97. The van der Waals surface area contributed by atoms with Crippen molar-refractivity contribution in [3.8, 4) is 11.5 Å². The SMILES string of the molecule is COc1ccc(OCC(F)(F)F)c(C(C)=O)c1. The number of halogens is 3. The van der Waals surface area contributed by atoms with Gasteiger partial charge in [-0.05, 0) is 25.1 Å². The molecule has 3 nitrogen and oxygen atoms in total. The number of benzene rings is 1. The Morgan fingerprint density at radius 3 is 2.47 bits per heavy atom. The molecule has 0 heterocycles. The van der Waals surface area contributed by atoms with Gasteiger partial charge in [-0.25, -0.2) is 0 Å². The number of ether oxygens (including phenoxy) is 2. The molecule has 0 radical (unpaired) electrons. The third-order valence-electron chi connectivity index (χ3n) is 1.96. The maximum absolute atomic E-state index is 12.0. The van der Waals surface area contributed by atoms with Crippen LogP contribution in [0, 0.1) is 0 Å². The molecule has 0 amide bonds. The smallest absolute Gasteiger partial charge is 0.422 e. The van der Waals surface area contributed by atoms with Gasteiger partial charge in [-0.1, -0.05) is 0 Å². The molecule has 17 heavy (non-hydrogen) atoms. The Bertz CT molecular complexity index is 413. The second kappa shape index (κ2) is 5.07. The first kappa shape index (κ1) is 13.3. The van der Waals surface area contributed by atoms with Crippen molar-refractivity contribution in [2.75, 3.05) is 13.7 Å². The van der Waals surface area contributed by atoms with Gasteiger partial charge in [0.25, 0.3) is 0 Å². The van der Waals surface area contributed by atoms with Crippen molar-refractivity contribution in [3.63, 3.8) is 0 Å². The molecule has 0 N–H and O–H groups in total. The molecule has 0 saturated carbocycles. The van der Waals surface area contributed by atoms with E-state index in [1.165, 1.54) is 32.2 Å². The Labute approximate surface area is 96.1 Å². The maximum atomic E-state index is 12.0. The van der Waals surface area contributed by atoms with Gasteiger partial charge in [-0.2, -0.15) is 13.2 Å². The van der Waals surface area contributed by atoms with E-state index >= 15 is 0 Å². The third kappa shape index (κ3) is 3.97. The molecule has 0 aliphatic rings. The van der Waals surface area contributed by atoms with E-state index in [1.54, 1.807) is 0 Å². The number of alkyl halides is 3. The first-order chi connectivity index (χ1) is 7.83. The number of Topliss-reactive ketones (excluding diaryl/α,β-unsaturated/α-hetero) is 1. The second-order valence-corrected chi connectivity index (χ2v) is 3.32. The molecule has 0 aliphatic carbocycles. The van der Waals surface area contributed by atoms with E-state index in [2.05, 4.69) is 4.74 Å². The van der Waals surface area contributed by atoms with Crippen LogP contribution in [-0.4, -0.2) is 25.7 Å². The van der Waals surface area contributed by atoms with Crippen LogP contribution in [-0.2, 0) is 0 Å². The average Bonchev–Trinajstić information content (AvgIpc) is 2.25. The van der Waals surface area contributed by atoms with Gasteiger partial charge < -0.3 is 9.47 Å². The summed E-state index contributed by atoms with van der Waals surface area (Å²) in [5, 5.41) is 0. The summed E-state index contributed by atoms with van der Waals surface area (Å²) < 4.78 is 45.4. The molecule has 0 aromatic heterocycles. The van der Waals surface area contributed by atoms with Crippen LogP contribution in [0.15, 0.2) is 18.2 Å². The van der Waals surface area contributed by atoms with Crippen LogP contribution in [0.3, 0.4) is 0 Å². The number of rotatable bonds is 4. The third-order valence-corrected chi connectivity index (χ3v) is 1.96. The molecular weight excluding hydrogens is 237 g/mol. The highest BCUT2D eigenvalue weighted by Gasteiger charge is 2.29. The van der Waals surface area contributed by atoms with Crippen LogP contribution in [0.25, 0.3) is 0 Å².